The van der Waals surface area contributed by atoms with Gasteiger partial charge < -0.3 is 4.74 Å². The van der Waals surface area contributed by atoms with Gasteiger partial charge >= 0.3 is 0 Å². The Morgan fingerprint density at radius 3 is 2.57 bits per heavy atom. The van der Waals surface area contributed by atoms with E-state index in [9.17, 15) is 0 Å². The molecule has 1 rings (SSSR count). The molecule has 1 aromatic rings. The third-order valence-electron chi connectivity index (χ3n) is 2.14. The number of hydrogen-bond acceptors (Lipinski definition) is 1. The van der Waals surface area contributed by atoms with Crippen LogP contribution in [0.2, 0.25) is 0 Å². The molecule has 0 spiro atoms. The fourth-order valence-corrected chi connectivity index (χ4v) is 1.72. The van der Waals surface area contributed by atoms with Gasteiger partial charge in [0.2, 0.25) is 0 Å². The molecule has 2 heteroatoms. The highest BCUT2D eigenvalue weighted by Crippen LogP contribution is 2.09. The van der Waals surface area contributed by atoms with Crippen LogP contribution in [0.1, 0.15) is 18.9 Å². The number of hydrogen-bond donors (Lipinski definition) is 0. The average molecular weight is 213 g/mol. The van der Waals surface area contributed by atoms with Crippen molar-refractivity contribution in [1.82, 2.24) is 0 Å². The number of rotatable bonds is 6. The molecule has 0 aliphatic rings. The molecule has 14 heavy (non-hydrogen) atoms. The Bertz CT molecular complexity index is 229. The summed E-state index contributed by atoms with van der Waals surface area (Å²) in [7, 11) is 0. The van der Waals surface area contributed by atoms with Crippen LogP contribution in [-0.2, 0) is 11.2 Å². The normalized spacial score (nSPS) is 12.7. The third kappa shape index (κ3) is 4.12. The van der Waals surface area contributed by atoms with E-state index in [0.29, 0.717) is 5.88 Å². The van der Waals surface area contributed by atoms with Crippen LogP contribution in [0.15, 0.2) is 30.3 Å². The summed E-state index contributed by atoms with van der Waals surface area (Å²) >= 11 is 5.72. The molecule has 0 heterocycles. The number of ether oxygens (including phenoxy) is 1. The molecule has 0 saturated carbocycles. The lowest BCUT2D eigenvalue weighted by atomic mass is 10.1. The first kappa shape index (κ1) is 11.5. The lowest BCUT2D eigenvalue weighted by Gasteiger charge is -2.15. The molecule has 1 unspecified atom stereocenters. The Morgan fingerprint density at radius 1 is 1.29 bits per heavy atom. The quantitative estimate of drug-likeness (QED) is 0.658. The Kier molecular flexibility index (Phi) is 5.65. The minimum Gasteiger partial charge on any atom is -0.378 e. The molecule has 0 bridgehead atoms. The molecule has 0 aromatic heterocycles. The van der Waals surface area contributed by atoms with E-state index >= 15 is 0 Å². The minimum absolute atomic E-state index is 0.264. The van der Waals surface area contributed by atoms with Crippen molar-refractivity contribution in [2.45, 2.75) is 25.9 Å². The van der Waals surface area contributed by atoms with Gasteiger partial charge in [0.25, 0.3) is 0 Å². The lowest BCUT2D eigenvalue weighted by Crippen LogP contribution is -2.16. The van der Waals surface area contributed by atoms with Crippen molar-refractivity contribution in [3.05, 3.63) is 35.9 Å². The van der Waals surface area contributed by atoms with E-state index in [1.165, 1.54) is 5.56 Å². The topological polar surface area (TPSA) is 9.23 Å². The van der Waals surface area contributed by atoms with E-state index in [1.807, 2.05) is 13.0 Å². The molecule has 0 N–H and O–H groups in total. The Labute approximate surface area is 91.0 Å². The second-order valence-corrected chi connectivity index (χ2v) is 3.62. The second kappa shape index (κ2) is 6.86. The van der Waals surface area contributed by atoms with Gasteiger partial charge in [-0.3, -0.25) is 0 Å². The summed E-state index contributed by atoms with van der Waals surface area (Å²) in [5.74, 6) is 0.664. The molecule has 1 atom stereocenters. The van der Waals surface area contributed by atoms with E-state index in [2.05, 4.69) is 24.3 Å². The van der Waals surface area contributed by atoms with Gasteiger partial charge in [-0.15, -0.1) is 11.6 Å². The third-order valence-corrected chi connectivity index (χ3v) is 2.36. The standard InChI is InChI=1S/C12H17ClO/c1-2-14-12(8-9-13)10-11-6-4-3-5-7-11/h3-7,12H,2,8-10H2,1H3. The zero-order valence-corrected chi connectivity index (χ0v) is 9.33. The maximum atomic E-state index is 5.72. The maximum absolute atomic E-state index is 5.72. The Hall–Kier alpha value is -0.530. The van der Waals surface area contributed by atoms with Gasteiger partial charge in [-0.25, -0.2) is 0 Å². The highest BCUT2D eigenvalue weighted by atomic mass is 35.5. The summed E-state index contributed by atoms with van der Waals surface area (Å²) in [6.45, 7) is 2.78. The van der Waals surface area contributed by atoms with Crippen LogP contribution in [0.25, 0.3) is 0 Å². The van der Waals surface area contributed by atoms with Gasteiger partial charge in [-0.05, 0) is 25.3 Å². The smallest absolute Gasteiger partial charge is 0.0626 e. The van der Waals surface area contributed by atoms with Crippen molar-refractivity contribution in [1.29, 1.82) is 0 Å². The second-order valence-electron chi connectivity index (χ2n) is 3.24. The minimum atomic E-state index is 0.264. The van der Waals surface area contributed by atoms with Gasteiger partial charge in [0.05, 0.1) is 6.10 Å². The molecule has 78 valence electrons. The molecule has 1 nitrogen and oxygen atoms in total. The first-order valence-electron chi connectivity index (χ1n) is 5.08. The molecular weight excluding hydrogens is 196 g/mol. The highest BCUT2D eigenvalue weighted by Gasteiger charge is 2.08. The highest BCUT2D eigenvalue weighted by molar-refractivity contribution is 6.17. The predicted molar refractivity (Wildman–Crippen MR) is 60.9 cm³/mol. The monoisotopic (exact) mass is 212 g/mol. The number of halogens is 1. The van der Waals surface area contributed by atoms with Crippen molar-refractivity contribution < 1.29 is 4.74 Å². The molecule has 0 aliphatic heterocycles. The Balaban J connectivity index is 2.46. The van der Waals surface area contributed by atoms with E-state index in [0.717, 1.165) is 19.4 Å². The molecule has 0 aliphatic carbocycles. The van der Waals surface area contributed by atoms with Gasteiger partial charge in [-0.2, -0.15) is 0 Å². The summed E-state index contributed by atoms with van der Waals surface area (Å²) in [4.78, 5) is 0. The zero-order chi connectivity index (χ0) is 10.2. The summed E-state index contributed by atoms with van der Waals surface area (Å²) < 4.78 is 5.60. The van der Waals surface area contributed by atoms with Gasteiger partial charge in [-0.1, -0.05) is 30.3 Å². The van der Waals surface area contributed by atoms with E-state index in [-0.39, 0.29) is 6.10 Å². The van der Waals surface area contributed by atoms with Crippen molar-refractivity contribution in [2.75, 3.05) is 12.5 Å². The largest absolute Gasteiger partial charge is 0.378 e. The van der Waals surface area contributed by atoms with E-state index in [4.69, 9.17) is 16.3 Å². The van der Waals surface area contributed by atoms with Crippen LogP contribution in [0, 0.1) is 0 Å². The van der Waals surface area contributed by atoms with Crippen LogP contribution in [0.4, 0.5) is 0 Å². The SMILES string of the molecule is CCOC(CCCl)Cc1ccccc1. The van der Waals surface area contributed by atoms with Gasteiger partial charge in [0, 0.05) is 12.5 Å². The lowest BCUT2D eigenvalue weighted by molar-refractivity contribution is 0.0613. The van der Waals surface area contributed by atoms with Gasteiger partial charge in [0.15, 0.2) is 0 Å². The van der Waals surface area contributed by atoms with Crippen LogP contribution in [0.5, 0.6) is 0 Å². The summed E-state index contributed by atoms with van der Waals surface area (Å²) in [6, 6.07) is 10.4. The fraction of sp³-hybridized carbons (Fsp3) is 0.500. The van der Waals surface area contributed by atoms with E-state index < -0.39 is 0 Å². The average Bonchev–Trinajstić information content (AvgIpc) is 2.20. The molecule has 0 amide bonds. The molecule has 0 fully saturated rings. The first-order valence-corrected chi connectivity index (χ1v) is 5.61. The van der Waals surface area contributed by atoms with Gasteiger partial charge in [0.1, 0.15) is 0 Å². The maximum Gasteiger partial charge on any atom is 0.0626 e. The van der Waals surface area contributed by atoms with Crippen molar-refractivity contribution in [2.24, 2.45) is 0 Å². The molecule has 0 saturated heterocycles. The number of benzene rings is 1. The summed E-state index contributed by atoms with van der Waals surface area (Å²) in [6.07, 6.45) is 2.14. The fourth-order valence-electron chi connectivity index (χ4n) is 1.48. The summed E-state index contributed by atoms with van der Waals surface area (Å²) in [5.41, 5.74) is 1.32. The molecule has 0 radical (unpaired) electrons. The molecule has 1 aromatic carbocycles. The zero-order valence-electron chi connectivity index (χ0n) is 8.58. The first-order chi connectivity index (χ1) is 6.86. The van der Waals surface area contributed by atoms with Crippen LogP contribution < -0.4 is 0 Å². The Morgan fingerprint density at radius 2 is 2.00 bits per heavy atom. The molecular formula is C12H17ClO. The number of alkyl halides is 1. The van der Waals surface area contributed by atoms with Crippen molar-refractivity contribution in [3.63, 3.8) is 0 Å². The predicted octanol–water partition coefficient (Wildman–Crippen LogP) is 3.26. The van der Waals surface area contributed by atoms with E-state index in [1.54, 1.807) is 0 Å². The van der Waals surface area contributed by atoms with Crippen molar-refractivity contribution in [3.8, 4) is 0 Å². The van der Waals surface area contributed by atoms with Crippen LogP contribution in [0.3, 0.4) is 0 Å². The van der Waals surface area contributed by atoms with Crippen LogP contribution >= 0.6 is 11.6 Å². The van der Waals surface area contributed by atoms with Crippen LogP contribution in [-0.4, -0.2) is 18.6 Å². The van der Waals surface area contributed by atoms with Crippen molar-refractivity contribution >= 4 is 11.6 Å². The summed E-state index contributed by atoms with van der Waals surface area (Å²) in [5, 5.41) is 0.